The molecular formula is C22H28N2O2. The molecule has 0 saturated carbocycles. The number of benzene rings is 2. The zero-order valence-electron chi connectivity index (χ0n) is 15.5. The van der Waals surface area contributed by atoms with Crippen LogP contribution in [0.3, 0.4) is 0 Å². The molecule has 3 rings (SSSR count). The first-order valence-electron chi connectivity index (χ1n) is 9.49. The molecule has 2 N–H and O–H groups in total. The fraction of sp³-hybridized carbons (Fsp3) is 0.409. The van der Waals surface area contributed by atoms with Crippen molar-refractivity contribution < 1.29 is 9.53 Å². The lowest BCUT2D eigenvalue weighted by Gasteiger charge is -2.22. The highest BCUT2D eigenvalue weighted by Gasteiger charge is 2.15. The van der Waals surface area contributed by atoms with Gasteiger partial charge >= 0.3 is 0 Å². The van der Waals surface area contributed by atoms with Gasteiger partial charge in [-0.2, -0.15) is 0 Å². The highest BCUT2D eigenvalue weighted by Crippen LogP contribution is 2.22. The number of ether oxygens (including phenoxy) is 1. The Balaban J connectivity index is 1.53. The topological polar surface area (TPSA) is 50.4 Å². The largest absolute Gasteiger partial charge is 0.489 e. The van der Waals surface area contributed by atoms with E-state index in [1.807, 2.05) is 55.5 Å². The van der Waals surface area contributed by atoms with Crippen LogP contribution in [0.25, 0.3) is 0 Å². The minimum Gasteiger partial charge on any atom is -0.489 e. The lowest BCUT2D eigenvalue weighted by atomic mass is 9.93. The van der Waals surface area contributed by atoms with E-state index in [0.29, 0.717) is 18.9 Å². The molecule has 1 saturated heterocycles. The number of para-hydroxylation sites is 1. The van der Waals surface area contributed by atoms with Gasteiger partial charge < -0.3 is 15.4 Å². The second-order valence-electron chi connectivity index (χ2n) is 6.97. The first kappa shape index (κ1) is 18.5. The zero-order valence-corrected chi connectivity index (χ0v) is 15.5. The maximum Gasteiger partial charge on any atom is 0.224 e. The number of anilines is 1. The summed E-state index contributed by atoms with van der Waals surface area (Å²) in [4.78, 5) is 12.3. The standard InChI is InChI=1S/C22H28N2O2/c1-17-19(16-26-20-7-3-2-4-8-20)6-5-9-21(17)24-22(25)11-10-18-12-14-23-15-13-18/h2-9,18,23H,10-16H2,1H3,(H,24,25). The lowest BCUT2D eigenvalue weighted by Crippen LogP contribution is -2.28. The minimum absolute atomic E-state index is 0.104. The molecule has 1 aliphatic rings. The van der Waals surface area contributed by atoms with Gasteiger partial charge in [0.05, 0.1) is 0 Å². The number of piperidine rings is 1. The Kier molecular flexibility index (Phi) is 6.67. The molecule has 1 heterocycles. The maximum absolute atomic E-state index is 12.3. The Morgan fingerprint density at radius 1 is 1.12 bits per heavy atom. The number of hydrogen-bond acceptors (Lipinski definition) is 3. The van der Waals surface area contributed by atoms with E-state index in [1.54, 1.807) is 0 Å². The smallest absolute Gasteiger partial charge is 0.224 e. The zero-order chi connectivity index (χ0) is 18.2. The predicted octanol–water partition coefficient (Wildman–Crippen LogP) is 4.29. The van der Waals surface area contributed by atoms with E-state index in [4.69, 9.17) is 4.74 Å². The van der Waals surface area contributed by atoms with Crippen LogP contribution in [0.4, 0.5) is 5.69 Å². The Morgan fingerprint density at radius 2 is 1.88 bits per heavy atom. The average Bonchev–Trinajstić information content (AvgIpc) is 2.69. The van der Waals surface area contributed by atoms with Gasteiger partial charge in [0.25, 0.3) is 0 Å². The molecule has 0 unspecified atom stereocenters. The summed E-state index contributed by atoms with van der Waals surface area (Å²) in [5.41, 5.74) is 3.04. The quantitative estimate of drug-likeness (QED) is 0.781. The molecule has 0 spiro atoms. The molecule has 0 aromatic heterocycles. The SMILES string of the molecule is Cc1c(COc2ccccc2)cccc1NC(=O)CCC1CCNCC1. The van der Waals surface area contributed by atoms with Crippen molar-refractivity contribution in [2.24, 2.45) is 5.92 Å². The molecule has 0 radical (unpaired) electrons. The van der Waals surface area contributed by atoms with Gasteiger partial charge in [-0.15, -0.1) is 0 Å². The summed E-state index contributed by atoms with van der Waals surface area (Å²) in [6, 6.07) is 15.8. The summed E-state index contributed by atoms with van der Waals surface area (Å²) in [6.07, 6.45) is 3.93. The highest BCUT2D eigenvalue weighted by molar-refractivity contribution is 5.91. The van der Waals surface area contributed by atoms with Crippen molar-refractivity contribution in [1.29, 1.82) is 0 Å². The average molecular weight is 352 g/mol. The first-order chi connectivity index (χ1) is 12.7. The van der Waals surface area contributed by atoms with Crippen molar-refractivity contribution >= 4 is 11.6 Å². The van der Waals surface area contributed by atoms with Crippen LogP contribution in [-0.4, -0.2) is 19.0 Å². The van der Waals surface area contributed by atoms with Gasteiger partial charge in [0, 0.05) is 12.1 Å². The van der Waals surface area contributed by atoms with Gasteiger partial charge in [-0.25, -0.2) is 0 Å². The molecule has 138 valence electrons. The van der Waals surface area contributed by atoms with E-state index < -0.39 is 0 Å². The maximum atomic E-state index is 12.3. The van der Waals surface area contributed by atoms with Crippen molar-refractivity contribution in [3.8, 4) is 5.75 Å². The van der Waals surface area contributed by atoms with Gasteiger partial charge in [0.1, 0.15) is 12.4 Å². The summed E-state index contributed by atoms with van der Waals surface area (Å²) in [5, 5.41) is 6.45. The van der Waals surface area contributed by atoms with E-state index >= 15 is 0 Å². The summed E-state index contributed by atoms with van der Waals surface area (Å²) < 4.78 is 5.84. The summed E-state index contributed by atoms with van der Waals surface area (Å²) in [5.74, 6) is 1.63. The van der Waals surface area contributed by atoms with Gasteiger partial charge in [-0.05, 0) is 74.5 Å². The second-order valence-corrected chi connectivity index (χ2v) is 6.97. The highest BCUT2D eigenvalue weighted by atomic mass is 16.5. The van der Waals surface area contributed by atoms with E-state index in [9.17, 15) is 4.79 Å². The van der Waals surface area contributed by atoms with Crippen LogP contribution in [0.1, 0.15) is 36.8 Å². The molecule has 1 aliphatic heterocycles. The third-order valence-corrected chi connectivity index (χ3v) is 5.10. The molecule has 1 amide bonds. The van der Waals surface area contributed by atoms with Crippen LogP contribution in [0.15, 0.2) is 48.5 Å². The van der Waals surface area contributed by atoms with E-state index in [1.165, 1.54) is 12.8 Å². The van der Waals surface area contributed by atoms with E-state index in [0.717, 1.165) is 42.1 Å². The van der Waals surface area contributed by atoms with Gasteiger partial charge in [-0.1, -0.05) is 30.3 Å². The molecule has 0 atom stereocenters. The minimum atomic E-state index is 0.104. The van der Waals surface area contributed by atoms with Crippen LogP contribution >= 0.6 is 0 Å². The summed E-state index contributed by atoms with van der Waals surface area (Å²) in [7, 11) is 0. The molecule has 1 fully saturated rings. The normalized spacial score (nSPS) is 14.8. The molecule has 4 nitrogen and oxygen atoms in total. The van der Waals surface area contributed by atoms with Crippen molar-refractivity contribution in [2.75, 3.05) is 18.4 Å². The number of hydrogen-bond donors (Lipinski definition) is 2. The van der Waals surface area contributed by atoms with Gasteiger partial charge in [-0.3, -0.25) is 4.79 Å². The van der Waals surface area contributed by atoms with Crippen molar-refractivity contribution in [3.05, 3.63) is 59.7 Å². The fourth-order valence-electron chi connectivity index (χ4n) is 3.37. The van der Waals surface area contributed by atoms with Crippen LogP contribution < -0.4 is 15.4 Å². The van der Waals surface area contributed by atoms with Crippen LogP contribution in [0, 0.1) is 12.8 Å². The van der Waals surface area contributed by atoms with Crippen molar-refractivity contribution in [2.45, 2.75) is 39.2 Å². The molecule has 2 aromatic carbocycles. The van der Waals surface area contributed by atoms with Crippen LogP contribution in [0.5, 0.6) is 5.75 Å². The molecule has 0 bridgehead atoms. The summed E-state index contributed by atoms with van der Waals surface area (Å²) >= 11 is 0. The molecule has 4 heteroatoms. The molecule has 2 aromatic rings. The van der Waals surface area contributed by atoms with Gasteiger partial charge in [0.15, 0.2) is 0 Å². The van der Waals surface area contributed by atoms with Crippen molar-refractivity contribution in [3.63, 3.8) is 0 Å². The Bertz CT molecular complexity index is 709. The summed E-state index contributed by atoms with van der Waals surface area (Å²) in [6.45, 7) is 4.68. The third-order valence-electron chi connectivity index (χ3n) is 5.10. The Morgan fingerprint density at radius 3 is 2.65 bits per heavy atom. The second kappa shape index (κ2) is 9.39. The first-order valence-corrected chi connectivity index (χ1v) is 9.49. The van der Waals surface area contributed by atoms with Gasteiger partial charge in [0.2, 0.25) is 5.91 Å². The number of nitrogens with one attached hydrogen (secondary N) is 2. The van der Waals surface area contributed by atoms with E-state index in [-0.39, 0.29) is 5.91 Å². The number of carbonyl (C=O) groups is 1. The Labute approximate surface area is 156 Å². The lowest BCUT2D eigenvalue weighted by molar-refractivity contribution is -0.116. The molecule has 26 heavy (non-hydrogen) atoms. The number of rotatable bonds is 7. The fourth-order valence-corrected chi connectivity index (χ4v) is 3.37. The van der Waals surface area contributed by atoms with Crippen LogP contribution in [-0.2, 0) is 11.4 Å². The van der Waals surface area contributed by atoms with E-state index in [2.05, 4.69) is 10.6 Å². The number of carbonyl (C=O) groups excluding carboxylic acids is 1. The predicted molar refractivity (Wildman–Crippen MR) is 105 cm³/mol. The monoisotopic (exact) mass is 352 g/mol. The third kappa shape index (κ3) is 5.33. The van der Waals surface area contributed by atoms with Crippen LogP contribution in [0.2, 0.25) is 0 Å². The van der Waals surface area contributed by atoms with Crippen molar-refractivity contribution in [1.82, 2.24) is 5.32 Å². The Hall–Kier alpha value is -2.33. The molecular weight excluding hydrogens is 324 g/mol. The number of amides is 1. The molecule has 0 aliphatic carbocycles.